The van der Waals surface area contributed by atoms with Crippen LogP contribution in [0.3, 0.4) is 0 Å². The number of benzene rings is 1. The second kappa shape index (κ2) is 6.36. The summed E-state index contributed by atoms with van der Waals surface area (Å²) in [4.78, 5) is 17.3. The van der Waals surface area contributed by atoms with Crippen LogP contribution in [0.1, 0.15) is 15.9 Å². The van der Waals surface area contributed by atoms with Crippen molar-refractivity contribution in [1.82, 2.24) is 4.98 Å². The molecule has 0 unspecified atom stereocenters. The first-order valence-corrected chi connectivity index (χ1v) is 6.45. The fourth-order valence-electron chi connectivity index (χ4n) is 1.52. The molecule has 0 fully saturated rings. The molecule has 0 bridgehead atoms. The first-order chi connectivity index (χ1) is 9.22. The van der Waals surface area contributed by atoms with Gasteiger partial charge in [0.05, 0.1) is 19.3 Å². The average Bonchev–Trinajstić information content (AvgIpc) is 2.47. The van der Waals surface area contributed by atoms with Crippen molar-refractivity contribution >= 4 is 17.7 Å². The van der Waals surface area contributed by atoms with Crippen LogP contribution in [0.15, 0.2) is 52.5 Å². The predicted molar refractivity (Wildman–Crippen MR) is 72.1 cm³/mol. The molecule has 1 heterocycles. The van der Waals surface area contributed by atoms with Crippen LogP contribution in [0.4, 0.5) is 0 Å². The van der Waals surface area contributed by atoms with Crippen molar-refractivity contribution in [2.24, 2.45) is 0 Å². The number of rotatable bonds is 4. The van der Waals surface area contributed by atoms with Gasteiger partial charge in [0, 0.05) is 22.2 Å². The van der Waals surface area contributed by atoms with Gasteiger partial charge in [0.1, 0.15) is 0 Å². The van der Waals surface area contributed by atoms with Crippen LogP contribution in [0.25, 0.3) is 0 Å². The number of ether oxygens (including phenoxy) is 1. The first kappa shape index (κ1) is 13.6. The molecule has 5 heteroatoms. The second-order valence-corrected chi connectivity index (χ2v) is 4.95. The average molecular weight is 275 g/mol. The van der Waals surface area contributed by atoms with Crippen LogP contribution >= 0.6 is 11.8 Å². The van der Waals surface area contributed by atoms with Crippen molar-refractivity contribution in [3.05, 3.63) is 53.9 Å². The van der Waals surface area contributed by atoms with E-state index in [2.05, 4.69) is 9.72 Å². The zero-order valence-corrected chi connectivity index (χ0v) is 11.2. The van der Waals surface area contributed by atoms with Crippen LogP contribution in [-0.2, 0) is 11.3 Å². The molecule has 98 valence electrons. The standard InChI is InChI=1S/C14H13NO3S/c1-18-14(17)11-2-4-12(5-3-11)19-13-6-10(9-16)7-15-8-13/h2-8,16H,9H2,1H3. The van der Waals surface area contributed by atoms with E-state index in [9.17, 15) is 4.79 Å². The minimum atomic E-state index is -0.347. The monoisotopic (exact) mass is 275 g/mol. The molecule has 0 aliphatic heterocycles. The quantitative estimate of drug-likeness (QED) is 0.869. The Balaban J connectivity index is 2.12. The molecule has 0 aliphatic rings. The lowest BCUT2D eigenvalue weighted by atomic mass is 10.2. The SMILES string of the molecule is COC(=O)c1ccc(Sc2cncc(CO)c2)cc1. The highest BCUT2D eigenvalue weighted by Crippen LogP contribution is 2.27. The van der Waals surface area contributed by atoms with E-state index in [4.69, 9.17) is 5.11 Å². The van der Waals surface area contributed by atoms with Crippen molar-refractivity contribution in [1.29, 1.82) is 0 Å². The van der Waals surface area contributed by atoms with Crippen molar-refractivity contribution < 1.29 is 14.6 Å². The van der Waals surface area contributed by atoms with Crippen molar-refractivity contribution in [2.75, 3.05) is 7.11 Å². The van der Waals surface area contributed by atoms with E-state index < -0.39 is 0 Å². The van der Waals surface area contributed by atoms with E-state index in [1.54, 1.807) is 24.5 Å². The summed E-state index contributed by atoms with van der Waals surface area (Å²) in [5.74, 6) is -0.347. The van der Waals surface area contributed by atoms with E-state index in [0.29, 0.717) is 5.56 Å². The molecular formula is C14H13NO3S. The van der Waals surface area contributed by atoms with Gasteiger partial charge in [-0.15, -0.1) is 0 Å². The Bertz CT molecular complexity index is 569. The number of carbonyl (C=O) groups is 1. The Morgan fingerprint density at radius 1 is 1.26 bits per heavy atom. The normalized spacial score (nSPS) is 10.2. The topological polar surface area (TPSA) is 59.4 Å². The third-order valence-electron chi connectivity index (χ3n) is 2.46. The lowest BCUT2D eigenvalue weighted by Gasteiger charge is -2.04. The van der Waals surface area contributed by atoms with Crippen LogP contribution in [0.5, 0.6) is 0 Å². The molecule has 2 rings (SSSR count). The number of nitrogens with zero attached hydrogens (tertiary/aromatic N) is 1. The fraction of sp³-hybridized carbons (Fsp3) is 0.143. The largest absolute Gasteiger partial charge is 0.465 e. The summed E-state index contributed by atoms with van der Waals surface area (Å²) < 4.78 is 4.64. The first-order valence-electron chi connectivity index (χ1n) is 5.64. The molecule has 2 aromatic rings. The molecular weight excluding hydrogens is 262 g/mol. The zero-order chi connectivity index (χ0) is 13.7. The zero-order valence-electron chi connectivity index (χ0n) is 10.4. The summed E-state index contributed by atoms with van der Waals surface area (Å²) in [5.41, 5.74) is 1.30. The fourth-order valence-corrected chi connectivity index (χ4v) is 2.39. The molecule has 1 aromatic carbocycles. The summed E-state index contributed by atoms with van der Waals surface area (Å²) in [7, 11) is 1.36. The van der Waals surface area contributed by atoms with Gasteiger partial charge in [-0.05, 0) is 35.9 Å². The number of hydrogen-bond donors (Lipinski definition) is 1. The van der Waals surface area contributed by atoms with Gasteiger partial charge < -0.3 is 9.84 Å². The molecule has 0 spiro atoms. The molecule has 4 nitrogen and oxygen atoms in total. The van der Waals surface area contributed by atoms with E-state index in [-0.39, 0.29) is 12.6 Å². The Hall–Kier alpha value is -1.85. The molecule has 0 saturated carbocycles. The molecule has 0 amide bonds. The van der Waals surface area contributed by atoms with Gasteiger partial charge in [-0.2, -0.15) is 0 Å². The Morgan fingerprint density at radius 2 is 2.00 bits per heavy atom. The van der Waals surface area contributed by atoms with E-state index >= 15 is 0 Å². The molecule has 1 N–H and O–H groups in total. The van der Waals surface area contributed by atoms with Gasteiger partial charge in [0.15, 0.2) is 0 Å². The smallest absolute Gasteiger partial charge is 0.337 e. The van der Waals surface area contributed by atoms with Crippen LogP contribution in [0, 0.1) is 0 Å². The maximum Gasteiger partial charge on any atom is 0.337 e. The lowest BCUT2D eigenvalue weighted by Crippen LogP contribution is -2.00. The number of aromatic nitrogens is 1. The minimum absolute atomic E-state index is 0.0251. The molecule has 19 heavy (non-hydrogen) atoms. The second-order valence-electron chi connectivity index (χ2n) is 3.81. The number of carbonyl (C=O) groups excluding carboxylic acids is 1. The number of aliphatic hydroxyl groups is 1. The molecule has 0 saturated heterocycles. The van der Waals surface area contributed by atoms with Gasteiger partial charge in [-0.1, -0.05) is 11.8 Å². The van der Waals surface area contributed by atoms with Crippen molar-refractivity contribution in [3.8, 4) is 0 Å². The lowest BCUT2D eigenvalue weighted by molar-refractivity contribution is 0.0600. The summed E-state index contributed by atoms with van der Waals surface area (Å²) >= 11 is 1.52. The minimum Gasteiger partial charge on any atom is -0.465 e. The Labute approximate surface area is 115 Å². The van der Waals surface area contributed by atoms with Gasteiger partial charge in [-0.25, -0.2) is 4.79 Å². The molecule has 0 atom stereocenters. The van der Waals surface area contributed by atoms with Gasteiger partial charge in [-0.3, -0.25) is 4.98 Å². The van der Waals surface area contributed by atoms with Crippen LogP contribution in [0.2, 0.25) is 0 Å². The van der Waals surface area contributed by atoms with E-state index in [0.717, 1.165) is 15.4 Å². The van der Waals surface area contributed by atoms with Crippen molar-refractivity contribution in [2.45, 2.75) is 16.4 Å². The predicted octanol–water partition coefficient (Wildman–Crippen LogP) is 2.51. The number of methoxy groups -OCH3 is 1. The number of hydrogen-bond acceptors (Lipinski definition) is 5. The number of aliphatic hydroxyl groups excluding tert-OH is 1. The molecule has 0 radical (unpaired) electrons. The van der Waals surface area contributed by atoms with E-state index in [1.807, 2.05) is 18.2 Å². The molecule has 0 aliphatic carbocycles. The van der Waals surface area contributed by atoms with Gasteiger partial charge >= 0.3 is 5.97 Å². The van der Waals surface area contributed by atoms with Crippen LogP contribution < -0.4 is 0 Å². The highest BCUT2D eigenvalue weighted by atomic mass is 32.2. The Kier molecular flexibility index (Phi) is 4.54. The van der Waals surface area contributed by atoms with Crippen molar-refractivity contribution in [3.63, 3.8) is 0 Å². The summed E-state index contributed by atoms with van der Waals surface area (Å²) in [6.45, 7) is -0.0251. The Morgan fingerprint density at radius 3 is 2.63 bits per heavy atom. The highest BCUT2D eigenvalue weighted by Gasteiger charge is 2.05. The van der Waals surface area contributed by atoms with Gasteiger partial charge in [0.2, 0.25) is 0 Å². The third kappa shape index (κ3) is 3.56. The highest BCUT2D eigenvalue weighted by molar-refractivity contribution is 7.99. The number of esters is 1. The third-order valence-corrected chi connectivity index (χ3v) is 3.43. The summed E-state index contributed by atoms with van der Waals surface area (Å²) in [6, 6.07) is 9.02. The maximum atomic E-state index is 11.3. The van der Waals surface area contributed by atoms with Crippen LogP contribution in [-0.4, -0.2) is 23.2 Å². The summed E-state index contributed by atoms with van der Waals surface area (Å²) in [6.07, 6.45) is 3.36. The van der Waals surface area contributed by atoms with E-state index in [1.165, 1.54) is 18.9 Å². The summed E-state index contributed by atoms with van der Waals surface area (Å²) in [5, 5.41) is 9.05. The number of pyridine rings is 1. The maximum absolute atomic E-state index is 11.3. The van der Waals surface area contributed by atoms with Gasteiger partial charge in [0.25, 0.3) is 0 Å². The molecule has 1 aromatic heterocycles.